The Morgan fingerprint density at radius 3 is 2.69 bits per heavy atom. The lowest BCUT2D eigenvalue weighted by molar-refractivity contribution is 0.0377. The van der Waals surface area contributed by atoms with E-state index < -0.39 is 11.7 Å². The summed E-state index contributed by atoms with van der Waals surface area (Å²) in [6.45, 7) is 2.85. The second kappa shape index (κ2) is 6.30. The number of carbonyl (C=O) groups excluding carboxylic acids is 2. The van der Waals surface area contributed by atoms with Gasteiger partial charge in [0.15, 0.2) is 17.2 Å². The van der Waals surface area contributed by atoms with E-state index in [9.17, 15) is 9.59 Å². The maximum absolute atomic E-state index is 13.0. The van der Waals surface area contributed by atoms with Crippen molar-refractivity contribution < 1.29 is 28.5 Å². The molecule has 8 heteroatoms. The van der Waals surface area contributed by atoms with Crippen LogP contribution in [0.4, 0.5) is 10.5 Å². The van der Waals surface area contributed by atoms with Crippen molar-refractivity contribution in [2.45, 2.75) is 25.1 Å². The Bertz CT molecular complexity index is 1020. The first-order valence-electron chi connectivity index (χ1n) is 9.40. The highest BCUT2D eigenvalue weighted by Crippen LogP contribution is 2.47. The third-order valence-corrected chi connectivity index (χ3v) is 5.48. The van der Waals surface area contributed by atoms with Crippen LogP contribution in [0.5, 0.6) is 17.2 Å². The van der Waals surface area contributed by atoms with Crippen LogP contribution in [-0.2, 0) is 4.74 Å². The number of nitrogens with zero attached hydrogens (tertiary/aromatic N) is 1. The molecule has 2 bridgehead atoms. The molecule has 1 fully saturated rings. The number of anilines is 1. The molecule has 0 radical (unpaired) electrons. The van der Waals surface area contributed by atoms with Crippen molar-refractivity contribution in [2.75, 3.05) is 25.2 Å². The molecule has 0 saturated carbocycles. The van der Waals surface area contributed by atoms with E-state index >= 15 is 0 Å². The zero-order chi connectivity index (χ0) is 20.2. The summed E-state index contributed by atoms with van der Waals surface area (Å²) < 4.78 is 22.3. The second-order valence-electron chi connectivity index (χ2n) is 7.39. The van der Waals surface area contributed by atoms with Crippen LogP contribution in [0, 0.1) is 0 Å². The lowest BCUT2D eigenvalue weighted by Gasteiger charge is -2.50. The molecule has 3 aliphatic heterocycles. The van der Waals surface area contributed by atoms with Gasteiger partial charge in [0.2, 0.25) is 0 Å². The van der Waals surface area contributed by atoms with Crippen molar-refractivity contribution in [3.05, 3.63) is 47.5 Å². The highest BCUT2D eigenvalue weighted by molar-refractivity contribution is 5.95. The number of methoxy groups -OCH3 is 1. The smallest absolute Gasteiger partial charge is 0.337 e. The van der Waals surface area contributed by atoms with Crippen LogP contribution in [0.25, 0.3) is 0 Å². The average Bonchev–Trinajstić information content (AvgIpc) is 2.72. The van der Waals surface area contributed by atoms with Gasteiger partial charge in [-0.2, -0.15) is 0 Å². The van der Waals surface area contributed by atoms with Gasteiger partial charge in [0.05, 0.1) is 24.4 Å². The predicted octanol–water partition coefficient (Wildman–Crippen LogP) is 3.01. The molecule has 8 nitrogen and oxygen atoms in total. The van der Waals surface area contributed by atoms with Crippen LogP contribution >= 0.6 is 0 Å². The fourth-order valence-electron chi connectivity index (χ4n) is 4.18. The maximum Gasteiger partial charge on any atom is 0.337 e. The Morgan fingerprint density at radius 2 is 1.90 bits per heavy atom. The van der Waals surface area contributed by atoms with Crippen LogP contribution in [0.3, 0.4) is 0 Å². The van der Waals surface area contributed by atoms with Crippen molar-refractivity contribution >= 4 is 17.7 Å². The molecule has 2 atom stereocenters. The minimum Gasteiger partial charge on any atom is -0.486 e. The van der Waals surface area contributed by atoms with Gasteiger partial charge in [0.1, 0.15) is 19.0 Å². The number of carbonyl (C=O) groups is 2. The van der Waals surface area contributed by atoms with Gasteiger partial charge in [-0.25, -0.2) is 9.59 Å². The molecule has 150 valence electrons. The number of ether oxygens (including phenoxy) is 4. The molecular weight excluding hydrogens is 376 g/mol. The van der Waals surface area contributed by atoms with E-state index in [4.69, 9.17) is 18.9 Å². The molecule has 5 rings (SSSR count). The Labute approximate surface area is 167 Å². The minimum atomic E-state index is -0.892. The van der Waals surface area contributed by atoms with Gasteiger partial charge >= 0.3 is 12.0 Å². The first kappa shape index (κ1) is 17.7. The molecule has 2 amide bonds. The summed E-state index contributed by atoms with van der Waals surface area (Å²) in [6.07, 6.45) is 0.519. The average molecular weight is 396 g/mol. The van der Waals surface area contributed by atoms with Crippen molar-refractivity contribution in [3.8, 4) is 17.2 Å². The van der Waals surface area contributed by atoms with E-state index in [0.29, 0.717) is 48.1 Å². The quantitative estimate of drug-likeness (QED) is 0.786. The van der Waals surface area contributed by atoms with Crippen LogP contribution in [0.1, 0.15) is 35.3 Å². The molecule has 2 unspecified atom stereocenters. The highest BCUT2D eigenvalue weighted by Gasteiger charge is 2.50. The van der Waals surface area contributed by atoms with Crippen molar-refractivity contribution in [3.63, 3.8) is 0 Å². The first-order valence-corrected chi connectivity index (χ1v) is 9.40. The largest absolute Gasteiger partial charge is 0.486 e. The molecule has 29 heavy (non-hydrogen) atoms. The van der Waals surface area contributed by atoms with Gasteiger partial charge in [-0.3, -0.25) is 4.90 Å². The number of fused-ring (bicyclic) bond motifs is 5. The summed E-state index contributed by atoms with van der Waals surface area (Å²) in [4.78, 5) is 26.5. The number of benzene rings is 2. The molecule has 0 aliphatic carbocycles. The first-order chi connectivity index (χ1) is 14.0. The number of hydrogen-bond donors (Lipinski definition) is 1. The van der Waals surface area contributed by atoms with Gasteiger partial charge in [-0.05, 0) is 37.3 Å². The molecule has 1 saturated heterocycles. The van der Waals surface area contributed by atoms with Gasteiger partial charge in [-0.15, -0.1) is 0 Å². The number of urea groups is 1. The standard InChI is InChI=1S/C21H20N2O6/c1-21-11-15(14-9-12(19(24)26-2)3-5-16(14)29-21)22-20(25)23(21)13-4-6-17-18(10-13)28-8-7-27-17/h3-6,9-10,15H,7-8,11H2,1-2H3,(H,22,25). The Balaban J connectivity index is 1.53. The molecule has 2 aromatic rings. The van der Waals surface area contributed by atoms with E-state index in [-0.39, 0.29) is 12.1 Å². The number of nitrogens with one attached hydrogen (secondary N) is 1. The van der Waals surface area contributed by atoms with Crippen molar-refractivity contribution in [1.29, 1.82) is 0 Å². The van der Waals surface area contributed by atoms with Crippen molar-refractivity contribution in [1.82, 2.24) is 5.32 Å². The molecule has 2 aromatic carbocycles. The van der Waals surface area contributed by atoms with E-state index in [0.717, 1.165) is 5.56 Å². The molecule has 1 N–H and O–H groups in total. The summed E-state index contributed by atoms with van der Waals surface area (Å²) in [7, 11) is 1.34. The molecule has 0 aromatic heterocycles. The summed E-state index contributed by atoms with van der Waals surface area (Å²) >= 11 is 0. The molecule has 0 spiro atoms. The van der Waals surface area contributed by atoms with Crippen LogP contribution < -0.4 is 24.4 Å². The SMILES string of the molecule is COC(=O)c1ccc2c(c1)C1CC(C)(O2)N(c2ccc3c(c2)OCCO3)C(=O)N1. The lowest BCUT2D eigenvalue weighted by atomic mass is 9.89. The Kier molecular flexibility index (Phi) is 3.84. The minimum absolute atomic E-state index is 0.269. The summed E-state index contributed by atoms with van der Waals surface area (Å²) in [5.74, 6) is 1.46. The van der Waals surface area contributed by atoms with Crippen LogP contribution in [-0.4, -0.2) is 38.0 Å². The Morgan fingerprint density at radius 1 is 1.14 bits per heavy atom. The summed E-state index contributed by atoms with van der Waals surface area (Å²) in [5.41, 5.74) is 0.946. The number of esters is 1. The topological polar surface area (TPSA) is 86.3 Å². The van der Waals surface area contributed by atoms with E-state index in [1.165, 1.54) is 7.11 Å². The van der Waals surface area contributed by atoms with Crippen molar-refractivity contribution in [2.24, 2.45) is 0 Å². The van der Waals surface area contributed by atoms with Crippen LogP contribution in [0.2, 0.25) is 0 Å². The van der Waals surface area contributed by atoms with E-state index in [1.807, 2.05) is 13.0 Å². The van der Waals surface area contributed by atoms with Gasteiger partial charge in [0.25, 0.3) is 0 Å². The fourth-order valence-corrected chi connectivity index (χ4v) is 4.18. The number of amides is 2. The zero-order valence-electron chi connectivity index (χ0n) is 16.1. The normalized spacial score (nSPS) is 24.1. The maximum atomic E-state index is 13.0. The number of hydrogen-bond acceptors (Lipinski definition) is 6. The second-order valence-corrected chi connectivity index (χ2v) is 7.39. The monoisotopic (exact) mass is 396 g/mol. The molecular formula is C21H20N2O6. The lowest BCUT2D eigenvalue weighted by Crippen LogP contribution is -2.65. The molecule has 3 aliphatic rings. The summed E-state index contributed by atoms with van der Waals surface area (Å²) in [5, 5.41) is 3.02. The fraction of sp³-hybridized carbons (Fsp3) is 0.333. The Hall–Kier alpha value is -3.42. The number of rotatable bonds is 2. The highest BCUT2D eigenvalue weighted by atomic mass is 16.6. The van der Waals surface area contributed by atoms with E-state index in [2.05, 4.69) is 5.32 Å². The van der Waals surface area contributed by atoms with Gasteiger partial charge in [-0.1, -0.05) is 0 Å². The zero-order valence-corrected chi connectivity index (χ0v) is 16.1. The van der Waals surface area contributed by atoms with Gasteiger partial charge in [0, 0.05) is 18.1 Å². The van der Waals surface area contributed by atoms with Gasteiger partial charge < -0.3 is 24.3 Å². The van der Waals surface area contributed by atoms with E-state index in [1.54, 1.807) is 35.2 Å². The predicted molar refractivity (Wildman–Crippen MR) is 103 cm³/mol. The third kappa shape index (κ3) is 2.74. The summed E-state index contributed by atoms with van der Waals surface area (Å²) in [6, 6.07) is 9.97. The van der Waals surface area contributed by atoms with Crippen LogP contribution in [0.15, 0.2) is 36.4 Å². The molecule has 3 heterocycles. The third-order valence-electron chi connectivity index (χ3n) is 5.48.